The molecule has 1 atom stereocenters. The first-order valence-corrected chi connectivity index (χ1v) is 10.0. The second-order valence-electron chi connectivity index (χ2n) is 6.16. The molecule has 3 aromatic heterocycles. The first-order valence-electron chi connectivity index (χ1n) is 8.33. The van der Waals surface area contributed by atoms with E-state index < -0.39 is 0 Å². The number of thiophene rings is 1. The summed E-state index contributed by atoms with van der Waals surface area (Å²) in [5.41, 5.74) is 0. The van der Waals surface area contributed by atoms with E-state index in [4.69, 9.17) is 5.11 Å². The molecule has 25 heavy (non-hydrogen) atoms. The highest BCUT2D eigenvalue weighted by molar-refractivity contribution is 7.17. The third-order valence-electron chi connectivity index (χ3n) is 4.55. The van der Waals surface area contributed by atoms with Gasteiger partial charge in [0.25, 0.3) is 0 Å². The van der Waals surface area contributed by atoms with Crippen LogP contribution in [-0.4, -0.2) is 73.9 Å². The molecule has 2 N–H and O–H groups in total. The van der Waals surface area contributed by atoms with Crippen LogP contribution in [0.2, 0.25) is 0 Å². The Balaban J connectivity index is 1.67. The van der Waals surface area contributed by atoms with Crippen molar-refractivity contribution in [2.24, 2.45) is 0 Å². The van der Waals surface area contributed by atoms with Crippen LogP contribution in [0, 0.1) is 6.92 Å². The molecule has 3 aromatic rings. The Morgan fingerprint density at radius 3 is 2.72 bits per heavy atom. The first kappa shape index (κ1) is 16.9. The van der Waals surface area contributed by atoms with Gasteiger partial charge in [-0.05, 0) is 18.4 Å². The molecular weight excluding hydrogens is 358 g/mol. The number of aliphatic hydroxyl groups is 1. The first-order chi connectivity index (χ1) is 12.2. The van der Waals surface area contributed by atoms with Crippen LogP contribution in [0.4, 0.5) is 0 Å². The lowest BCUT2D eigenvalue weighted by atomic mass is 10.1. The zero-order valence-electron chi connectivity index (χ0n) is 14.0. The molecule has 4 rings (SSSR count). The predicted octanol–water partition coefficient (Wildman–Crippen LogP) is 1.57. The van der Waals surface area contributed by atoms with E-state index in [1.54, 1.807) is 11.3 Å². The van der Waals surface area contributed by atoms with Crippen LogP contribution in [0.25, 0.3) is 4.96 Å². The van der Waals surface area contributed by atoms with Crippen molar-refractivity contribution in [1.29, 1.82) is 0 Å². The normalized spacial score (nSPS) is 18.2. The zero-order chi connectivity index (χ0) is 17.4. The van der Waals surface area contributed by atoms with Gasteiger partial charge in [-0.3, -0.25) is 9.80 Å². The van der Waals surface area contributed by atoms with E-state index in [2.05, 4.69) is 31.3 Å². The number of aromatic hydroxyl groups is 1. The Bertz CT molecular complexity index is 836. The Kier molecular flexibility index (Phi) is 4.74. The van der Waals surface area contributed by atoms with Crippen molar-refractivity contribution >= 4 is 27.6 Å². The summed E-state index contributed by atoms with van der Waals surface area (Å²) >= 11 is 3.21. The van der Waals surface area contributed by atoms with Gasteiger partial charge in [0.1, 0.15) is 5.82 Å². The number of piperazine rings is 1. The minimum Gasteiger partial charge on any atom is -0.492 e. The van der Waals surface area contributed by atoms with Gasteiger partial charge in [0, 0.05) is 37.6 Å². The van der Waals surface area contributed by atoms with Gasteiger partial charge in [0.05, 0.1) is 17.5 Å². The van der Waals surface area contributed by atoms with Crippen LogP contribution >= 0.6 is 22.7 Å². The topological polar surface area (TPSA) is 77.1 Å². The van der Waals surface area contributed by atoms with Crippen LogP contribution in [0.15, 0.2) is 17.5 Å². The highest BCUT2D eigenvalue weighted by Gasteiger charge is 2.32. The molecule has 1 fully saturated rings. The fourth-order valence-electron chi connectivity index (χ4n) is 3.33. The molecule has 0 aliphatic carbocycles. The van der Waals surface area contributed by atoms with E-state index in [0.29, 0.717) is 5.82 Å². The van der Waals surface area contributed by atoms with Gasteiger partial charge in [-0.15, -0.1) is 16.4 Å². The van der Waals surface area contributed by atoms with E-state index in [1.165, 1.54) is 20.7 Å². The van der Waals surface area contributed by atoms with E-state index in [9.17, 15) is 5.11 Å². The van der Waals surface area contributed by atoms with Gasteiger partial charge in [0.2, 0.25) is 10.8 Å². The van der Waals surface area contributed by atoms with Crippen molar-refractivity contribution in [3.8, 4) is 5.88 Å². The summed E-state index contributed by atoms with van der Waals surface area (Å²) < 4.78 is 1.54. The van der Waals surface area contributed by atoms with Crippen molar-refractivity contribution in [2.45, 2.75) is 13.0 Å². The van der Waals surface area contributed by atoms with Gasteiger partial charge in [-0.2, -0.15) is 4.52 Å². The molecule has 0 amide bonds. The second-order valence-corrected chi connectivity index (χ2v) is 8.15. The summed E-state index contributed by atoms with van der Waals surface area (Å²) in [5.74, 6) is 0.857. The van der Waals surface area contributed by atoms with E-state index in [-0.39, 0.29) is 18.5 Å². The predicted molar refractivity (Wildman–Crippen MR) is 98.5 cm³/mol. The van der Waals surface area contributed by atoms with Gasteiger partial charge in [-0.25, -0.2) is 4.98 Å². The van der Waals surface area contributed by atoms with Crippen molar-refractivity contribution in [1.82, 2.24) is 24.4 Å². The van der Waals surface area contributed by atoms with E-state index in [0.717, 1.165) is 42.6 Å². The minimum atomic E-state index is 0.0186. The summed E-state index contributed by atoms with van der Waals surface area (Å²) in [4.78, 5) is 11.9. The quantitative estimate of drug-likeness (QED) is 0.701. The van der Waals surface area contributed by atoms with Crippen molar-refractivity contribution in [3.63, 3.8) is 0 Å². The SMILES string of the molecule is Cc1nc2sc([C@@H](c3cccs3)N3CCN(CCO)CC3)c(O)n2n1. The molecule has 0 saturated carbocycles. The highest BCUT2D eigenvalue weighted by atomic mass is 32.1. The standard InChI is InChI=1S/C16H21N5O2S2/c1-11-17-16-21(18-11)15(23)14(25-16)13(12-3-2-10-24-12)20-6-4-19(5-7-20)8-9-22/h2-3,10,13,22-23H,4-9H2,1H3/t13-/m1/s1. The maximum Gasteiger partial charge on any atom is 0.230 e. The van der Waals surface area contributed by atoms with Crippen LogP contribution in [0.5, 0.6) is 5.88 Å². The van der Waals surface area contributed by atoms with Gasteiger partial charge >= 0.3 is 0 Å². The largest absolute Gasteiger partial charge is 0.492 e. The van der Waals surface area contributed by atoms with Crippen molar-refractivity contribution in [3.05, 3.63) is 33.1 Å². The van der Waals surface area contributed by atoms with Crippen molar-refractivity contribution in [2.75, 3.05) is 39.3 Å². The van der Waals surface area contributed by atoms with E-state index >= 15 is 0 Å². The Labute approximate surface area is 153 Å². The summed E-state index contributed by atoms with van der Waals surface area (Å²) in [6.45, 7) is 6.38. The number of thiazole rings is 1. The summed E-state index contributed by atoms with van der Waals surface area (Å²) in [6, 6.07) is 4.19. The molecule has 0 aromatic carbocycles. The average molecular weight is 380 g/mol. The van der Waals surface area contributed by atoms with Gasteiger partial charge in [-0.1, -0.05) is 17.4 Å². The van der Waals surface area contributed by atoms with Crippen LogP contribution < -0.4 is 0 Å². The third-order valence-corrected chi connectivity index (χ3v) is 6.55. The second kappa shape index (κ2) is 7.00. The molecular formula is C16H21N5O2S2. The number of aryl methyl sites for hydroxylation is 1. The smallest absolute Gasteiger partial charge is 0.230 e. The molecule has 9 heteroatoms. The van der Waals surface area contributed by atoms with Crippen molar-refractivity contribution < 1.29 is 10.2 Å². The van der Waals surface area contributed by atoms with Crippen LogP contribution in [-0.2, 0) is 0 Å². The maximum atomic E-state index is 10.7. The zero-order valence-corrected chi connectivity index (χ0v) is 15.6. The molecule has 0 unspecified atom stereocenters. The van der Waals surface area contributed by atoms with Gasteiger partial charge in [0.15, 0.2) is 0 Å². The maximum absolute atomic E-state index is 10.7. The summed E-state index contributed by atoms with van der Waals surface area (Å²) in [6.07, 6.45) is 0. The van der Waals surface area contributed by atoms with Crippen LogP contribution in [0.3, 0.4) is 0 Å². The number of hydrogen-bond donors (Lipinski definition) is 2. The number of aromatic nitrogens is 3. The summed E-state index contributed by atoms with van der Waals surface area (Å²) in [7, 11) is 0. The number of β-amino-alcohol motifs (C(OH)–C–C–N with tert-alkyl or cyclic N) is 1. The number of nitrogens with zero attached hydrogens (tertiary/aromatic N) is 5. The number of fused-ring (bicyclic) bond motifs is 1. The Morgan fingerprint density at radius 2 is 2.08 bits per heavy atom. The molecule has 0 radical (unpaired) electrons. The molecule has 134 valence electrons. The average Bonchev–Trinajstić information content (AvgIpc) is 3.30. The van der Waals surface area contributed by atoms with Crippen LogP contribution in [0.1, 0.15) is 21.6 Å². The molecule has 4 heterocycles. The molecule has 1 saturated heterocycles. The van der Waals surface area contributed by atoms with E-state index in [1.807, 2.05) is 13.0 Å². The minimum absolute atomic E-state index is 0.0186. The Morgan fingerprint density at radius 1 is 1.28 bits per heavy atom. The lowest BCUT2D eigenvalue weighted by molar-refractivity contribution is 0.0954. The lowest BCUT2D eigenvalue weighted by Gasteiger charge is -2.38. The van der Waals surface area contributed by atoms with Gasteiger partial charge < -0.3 is 10.2 Å². The molecule has 1 aliphatic rings. The Hall–Kier alpha value is -1.52. The monoisotopic (exact) mass is 379 g/mol. The number of aliphatic hydroxyl groups excluding tert-OH is 1. The molecule has 7 nitrogen and oxygen atoms in total. The summed E-state index contributed by atoms with van der Waals surface area (Å²) in [5, 5.41) is 26.2. The fourth-order valence-corrected chi connectivity index (χ4v) is 5.43. The fraction of sp³-hybridized carbons (Fsp3) is 0.500. The highest BCUT2D eigenvalue weighted by Crippen LogP contribution is 2.41. The lowest BCUT2D eigenvalue weighted by Crippen LogP contribution is -2.48. The molecule has 0 spiro atoms. The number of rotatable bonds is 5. The molecule has 1 aliphatic heterocycles. The molecule has 0 bridgehead atoms. The third kappa shape index (κ3) is 3.18. The number of hydrogen-bond acceptors (Lipinski definition) is 8.